The Hall–Kier alpha value is -0.810. The molecule has 5 nitrogen and oxygen atoms in total. The fourth-order valence-corrected chi connectivity index (χ4v) is 0.864. The van der Waals surface area contributed by atoms with Gasteiger partial charge in [-0.2, -0.15) is 0 Å². The lowest BCUT2D eigenvalue weighted by molar-refractivity contribution is 0.0520. The SMILES string of the molecule is CC(C)(C)OC(=O)NCCCOCCN. The first-order valence-corrected chi connectivity index (χ1v) is 5.20. The van der Waals surface area contributed by atoms with Gasteiger partial charge in [-0.1, -0.05) is 0 Å². The Balaban J connectivity index is 3.32. The Morgan fingerprint density at radius 3 is 2.53 bits per heavy atom. The van der Waals surface area contributed by atoms with Crippen LogP contribution in [-0.2, 0) is 9.47 Å². The predicted octanol–water partition coefficient (Wildman–Crippen LogP) is 0.876. The van der Waals surface area contributed by atoms with E-state index in [-0.39, 0.29) is 6.09 Å². The van der Waals surface area contributed by atoms with Crippen LogP contribution in [0.5, 0.6) is 0 Å². The molecule has 0 aromatic carbocycles. The molecule has 1 amide bonds. The number of ether oxygens (including phenoxy) is 2. The van der Waals surface area contributed by atoms with Gasteiger partial charge in [0.25, 0.3) is 0 Å². The summed E-state index contributed by atoms with van der Waals surface area (Å²) in [5.41, 5.74) is 4.80. The first-order chi connectivity index (χ1) is 6.95. The molecule has 0 unspecified atom stereocenters. The first-order valence-electron chi connectivity index (χ1n) is 5.20. The predicted molar refractivity (Wildman–Crippen MR) is 58.7 cm³/mol. The second kappa shape index (κ2) is 7.48. The minimum Gasteiger partial charge on any atom is -0.444 e. The number of carbonyl (C=O) groups excluding carboxylic acids is 1. The van der Waals surface area contributed by atoms with Crippen molar-refractivity contribution in [1.82, 2.24) is 5.32 Å². The number of nitrogens with two attached hydrogens (primary N) is 1. The summed E-state index contributed by atoms with van der Waals surface area (Å²) < 4.78 is 10.2. The van der Waals surface area contributed by atoms with Gasteiger partial charge >= 0.3 is 6.09 Å². The van der Waals surface area contributed by atoms with Crippen molar-refractivity contribution >= 4 is 6.09 Å². The van der Waals surface area contributed by atoms with Gasteiger partial charge in [0.05, 0.1) is 6.61 Å². The Kier molecular flexibility index (Phi) is 7.07. The van der Waals surface area contributed by atoms with Gasteiger partial charge in [-0.05, 0) is 27.2 Å². The van der Waals surface area contributed by atoms with E-state index < -0.39 is 5.60 Å². The van der Waals surface area contributed by atoms with Crippen LogP contribution in [0.1, 0.15) is 27.2 Å². The molecule has 0 spiro atoms. The summed E-state index contributed by atoms with van der Waals surface area (Å²) in [6.45, 7) is 7.74. The molecule has 0 bridgehead atoms. The quantitative estimate of drug-likeness (QED) is 0.649. The first kappa shape index (κ1) is 14.2. The van der Waals surface area contributed by atoms with Gasteiger partial charge in [0.2, 0.25) is 0 Å². The Morgan fingerprint density at radius 2 is 2.00 bits per heavy atom. The number of amides is 1. The fraction of sp³-hybridized carbons (Fsp3) is 0.900. The van der Waals surface area contributed by atoms with E-state index in [1.165, 1.54) is 0 Å². The molecule has 5 heteroatoms. The number of alkyl carbamates (subject to hydrolysis) is 1. The molecule has 0 saturated carbocycles. The summed E-state index contributed by atoms with van der Waals surface area (Å²) in [6.07, 6.45) is 0.375. The minimum absolute atomic E-state index is 0.388. The Morgan fingerprint density at radius 1 is 1.33 bits per heavy atom. The summed E-state index contributed by atoms with van der Waals surface area (Å²) in [5, 5.41) is 2.64. The molecule has 0 aliphatic carbocycles. The van der Waals surface area contributed by atoms with Crippen molar-refractivity contribution in [2.75, 3.05) is 26.3 Å². The topological polar surface area (TPSA) is 73.6 Å². The van der Waals surface area contributed by atoms with Gasteiger partial charge in [0.1, 0.15) is 5.60 Å². The molecule has 0 radical (unpaired) electrons. The average Bonchev–Trinajstić information content (AvgIpc) is 2.08. The zero-order valence-electron chi connectivity index (χ0n) is 9.84. The van der Waals surface area contributed by atoms with Crippen LogP contribution in [0.2, 0.25) is 0 Å². The Bertz CT molecular complexity index is 178. The van der Waals surface area contributed by atoms with E-state index >= 15 is 0 Å². The van der Waals surface area contributed by atoms with Crippen LogP contribution in [0.4, 0.5) is 4.79 Å². The van der Waals surface area contributed by atoms with Gasteiger partial charge in [-0.15, -0.1) is 0 Å². The van der Waals surface area contributed by atoms with Crippen molar-refractivity contribution in [1.29, 1.82) is 0 Å². The van der Waals surface area contributed by atoms with Gasteiger partial charge < -0.3 is 20.5 Å². The van der Waals surface area contributed by atoms with E-state index in [1.54, 1.807) is 0 Å². The summed E-state index contributed by atoms with van der Waals surface area (Å²) in [6, 6.07) is 0. The maximum Gasteiger partial charge on any atom is 0.407 e. The van der Waals surface area contributed by atoms with Crippen LogP contribution in [0.25, 0.3) is 0 Å². The molecular formula is C10H22N2O3. The normalized spacial score (nSPS) is 11.2. The second-order valence-corrected chi connectivity index (χ2v) is 4.18. The molecule has 15 heavy (non-hydrogen) atoms. The standard InChI is InChI=1S/C10H22N2O3/c1-10(2,3)15-9(13)12-6-4-7-14-8-5-11/h4-8,11H2,1-3H3,(H,12,13). The molecule has 0 rings (SSSR count). The highest BCUT2D eigenvalue weighted by Crippen LogP contribution is 2.06. The highest BCUT2D eigenvalue weighted by atomic mass is 16.6. The van der Waals surface area contributed by atoms with Crippen molar-refractivity contribution in [3.8, 4) is 0 Å². The zero-order valence-corrected chi connectivity index (χ0v) is 9.84. The number of hydrogen-bond donors (Lipinski definition) is 2. The third kappa shape index (κ3) is 11.1. The molecule has 90 valence electrons. The summed E-state index contributed by atoms with van der Waals surface area (Å²) in [4.78, 5) is 11.2. The lowest BCUT2D eigenvalue weighted by Crippen LogP contribution is -2.33. The van der Waals surface area contributed by atoms with Crippen molar-refractivity contribution in [2.24, 2.45) is 5.73 Å². The minimum atomic E-state index is -0.444. The van der Waals surface area contributed by atoms with Crippen LogP contribution in [0, 0.1) is 0 Å². The van der Waals surface area contributed by atoms with E-state index in [0.29, 0.717) is 26.3 Å². The molecule has 0 saturated heterocycles. The molecule has 0 aliphatic rings. The zero-order chi connectivity index (χ0) is 11.7. The number of nitrogens with one attached hydrogen (secondary N) is 1. The molecule has 3 N–H and O–H groups in total. The van der Waals surface area contributed by atoms with Gasteiger partial charge in [0, 0.05) is 19.7 Å². The maximum absolute atomic E-state index is 11.2. The third-order valence-corrected chi connectivity index (χ3v) is 1.40. The van der Waals surface area contributed by atoms with Gasteiger partial charge in [-0.25, -0.2) is 4.79 Å². The van der Waals surface area contributed by atoms with E-state index in [2.05, 4.69) is 5.32 Å². The van der Waals surface area contributed by atoms with Crippen LogP contribution in [0.15, 0.2) is 0 Å². The van der Waals surface area contributed by atoms with Crippen molar-refractivity contribution in [3.05, 3.63) is 0 Å². The van der Waals surface area contributed by atoms with Gasteiger partial charge in [0.15, 0.2) is 0 Å². The summed E-state index contributed by atoms with van der Waals surface area (Å²) >= 11 is 0. The van der Waals surface area contributed by atoms with E-state index in [9.17, 15) is 4.79 Å². The smallest absolute Gasteiger partial charge is 0.407 e. The van der Waals surface area contributed by atoms with Crippen LogP contribution < -0.4 is 11.1 Å². The molecule has 0 aliphatic heterocycles. The van der Waals surface area contributed by atoms with Crippen molar-refractivity contribution < 1.29 is 14.3 Å². The Labute approximate surface area is 91.3 Å². The van der Waals surface area contributed by atoms with Crippen LogP contribution in [-0.4, -0.2) is 38.0 Å². The van der Waals surface area contributed by atoms with E-state index in [1.807, 2.05) is 20.8 Å². The molecule has 0 aromatic rings. The van der Waals surface area contributed by atoms with Crippen LogP contribution in [0.3, 0.4) is 0 Å². The lowest BCUT2D eigenvalue weighted by Gasteiger charge is -2.19. The molecular weight excluding hydrogens is 196 g/mol. The number of carbonyl (C=O) groups is 1. The van der Waals surface area contributed by atoms with Crippen molar-refractivity contribution in [2.45, 2.75) is 32.8 Å². The summed E-state index contributed by atoms with van der Waals surface area (Å²) in [5.74, 6) is 0. The van der Waals surface area contributed by atoms with Crippen LogP contribution >= 0.6 is 0 Å². The third-order valence-electron chi connectivity index (χ3n) is 1.40. The lowest BCUT2D eigenvalue weighted by atomic mass is 10.2. The number of hydrogen-bond acceptors (Lipinski definition) is 4. The van der Waals surface area contributed by atoms with Gasteiger partial charge in [-0.3, -0.25) is 0 Å². The fourth-order valence-electron chi connectivity index (χ4n) is 0.864. The molecule has 0 aromatic heterocycles. The average molecular weight is 218 g/mol. The van der Waals surface area contributed by atoms with E-state index in [0.717, 1.165) is 6.42 Å². The monoisotopic (exact) mass is 218 g/mol. The van der Waals surface area contributed by atoms with Crippen molar-refractivity contribution in [3.63, 3.8) is 0 Å². The molecule has 0 fully saturated rings. The molecule has 0 atom stereocenters. The number of rotatable bonds is 6. The maximum atomic E-state index is 11.2. The van der Waals surface area contributed by atoms with E-state index in [4.69, 9.17) is 15.2 Å². The highest BCUT2D eigenvalue weighted by molar-refractivity contribution is 5.67. The second-order valence-electron chi connectivity index (χ2n) is 4.18. The largest absolute Gasteiger partial charge is 0.444 e. The molecule has 0 heterocycles. The summed E-state index contributed by atoms with van der Waals surface area (Å²) in [7, 11) is 0. The highest BCUT2D eigenvalue weighted by Gasteiger charge is 2.15.